The summed E-state index contributed by atoms with van der Waals surface area (Å²) in [6, 6.07) is 111. The first-order chi connectivity index (χ1) is 56.9. The number of rotatable bonds is 9. The van der Waals surface area contributed by atoms with Crippen LogP contribution in [0.3, 0.4) is 0 Å². The van der Waals surface area contributed by atoms with Crippen molar-refractivity contribution < 1.29 is 0 Å². The maximum atomic E-state index is 5.92. The largest absolute Gasteiger partial charge is 0.311 e. The highest BCUT2D eigenvalue weighted by Crippen LogP contribution is 2.51. The molecule has 558 valence electrons. The minimum absolute atomic E-state index is 0.167. The lowest BCUT2D eigenvalue weighted by Gasteiger charge is -2.44. The van der Waals surface area contributed by atoms with Gasteiger partial charge in [0, 0.05) is 119 Å². The van der Waals surface area contributed by atoms with Gasteiger partial charge in [0.2, 0.25) is 0 Å². The van der Waals surface area contributed by atoms with Crippen molar-refractivity contribution in [1.82, 2.24) is 15.0 Å². The Labute approximate surface area is 686 Å². The molecule has 0 saturated carbocycles. The summed E-state index contributed by atoms with van der Waals surface area (Å²) in [6.45, 7) is 26.0. The summed E-state index contributed by atoms with van der Waals surface area (Å²) in [5.74, 6) is 1.75. The molecular formula is C105H84B3N9. The Morgan fingerprint density at radius 3 is 0.530 bits per heavy atom. The molecule has 9 nitrogen and oxygen atoms in total. The van der Waals surface area contributed by atoms with Crippen molar-refractivity contribution in [3.63, 3.8) is 0 Å². The van der Waals surface area contributed by atoms with Crippen molar-refractivity contribution in [2.24, 2.45) is 0 Å². The van der Waals surface area contributed by atoms with Gasteiger partial charge in [0.05, 0.1) is 0 Å². The first kappa shape index (κ1) is 70.0. The van der Waals surface area contributed by atoms with Gasteiger partial charge in [0.15, 0.2) is 17.5 Å². The zero-order valence-electron chi connectivity index (χ0n) is 68.0. The van der Waals surface area contributed by atoms with Crippen molar-refractivity contribution in [2.45, 2.75) is 83.1 Å². The van der Waals surface area contributed by atoms with Crippen LogP contribution in [0.1, 0.15) is 66.8 Å². The highest BCUT2D eigenvalue weighted by molar-refractivity contribution is 7.02. The minimum atomic E-state index is -0.167. The minimum Gasteiger partial charge on any atom is -0.311 e. The fourth-order valence-corrected chi connectivity index (χ4v) is 19.8. The molecule has 0 aliphatic carbocycles. The average molecular weight is 1500 g/mol. The maximum Gasteiger partial charge on any atom is 0.252 e. The second kappa shape index (κ2) is 26.4. The van der Waals surface area contributed by atoms with Crippen LogP contribution in [0, 0.1) is 83.1 Å². The van der Waals surface area contributed by atoms with Gasteiger partial charge in [-0.05, 0) is 313 Å². The summed E-state index contributed by atoms with van der Waals surface area (Å²) in [4.78, 5) is 32.8. The Morgan fingerprint density at radius 1 is 0.162 bits per heavy atom. The molecule has 7 heterocycles. The first-order valence-electron chi connectivity index (χ1n) is 41.0. The standard InChI is InChI=1S/C105H84B3N9/c1-61-13-31-76(32-14-61)112-88-43-25-67(7)49-82(88)106-85-58-73(28-46-91(85)115(79-37-19-64(4)20-38-79)97-55-70(10)52-94(112)100(97)106)103-109-104(74-29-47-92-86(59-74)107-83-50-68(8)26-44-89(83)113(77-33-15-62(2)16-34-77)95-53-71(11)56-98(101(95)107)116(92)80-39-21-65(5)22-40-80)111-105(110-103)75-30-48-93-87(60-75)108-84-51-69(9)27-45-90(84)114(78-35-17-63(3)18-36-78)96-54-72(12)57-99(102(96)108)117(93)81-41-23-66(6)24-42-81/h13-60H,1-12H3. The van der Waals surface area contributed by atoms with Gasteiger partial charge in [-0.15, -0.1) is 0 Å². The summed E-state index contributed by atoms with van der Waals surface area (Å²) < 4.78 is 0. The molecular weight excluding hydrogens is 1420 g/mol. The van der Waals surface area contributed by atoms with Crippen LogP contribution < -0.4 is 78.6 Å². The predicted octanol–water partition coefficient (Wildman–Crippen LogP) is 20.8. The van der Waals surface area contributed by atoms with Crippen molar-refractivity contribution in [1.29, 1.82) is 0 Å². The Kier molecular flexibility index (Phi) is 15.8. The number of hydrogen-bond acceptors (Lipinski definition) is 9. The molecule has 0 amide bonds. The predicted molar refractivity (Wildman–Crippen MR) is 495 cm³/mol. The second-order valence-corrected chi connectivity index (χ2v) is 33.8. The number of benzene rings is 15. The van der Waals surface area contributed by atoms with Crippen LogP contribution >= 0.6 is 0 Å². The van der Waals surface area contributed by atoms with Crippen molar-refractivity contribution in [2.75, 3.05) is 29.4 Å². The van der Waals surface area contributed by atoms with E-state index in [4.69, 9.17) is 15.0 Å². The van der Waals surface area contributed by atoms with Gasteiger partial charge in [-0.1, -0.05) is 177 Å². The lowest BCUT2D eigenvalue weighted by Crippen LogP contribution is -2.61. The third kappa shape index (κ3) is 11.1. The van der Waals surface area contributed by atoms with E-state index in [1.807, 2.05) is 0 Å². The summed E-state index contributed by atoms with van der Waals surface area (Å²) in [6.07, 6.45) is 0. The van der Waals surface area contributed by atoms with Crippen molar-refractivity contribution >= 4 is 172 Å². The van der Waals surface area contributed by atoms with Crippen LogP contribution in [0.15, 0.2) is 291 Å². The van der Waals surface area contributed by atoms with Gasteiger partial charge in [-0.3, -0.25) is 0 Å². The zero-order valence-corrected chi connectivity index (χ0v) is 68.0. The van der Waals surface area contributed by atoms with Crippen LogP contribution in [0.5, 0.6) is 0 Å². The molecule has 6 aliphatic rings. The smallest absolute Gasteiger partial charge is 0.252 e. The molecule has 0 saturated heterocycles. The summed E-state index contributed by atoms with van der Waals surface area (Å²) in [5.41, 5.74) is 48.6. The number of aromatic nitrogens is 3. The third-order valence-corrected chi connectivity index (χ3v) is 25.3. The van der Waals surface area contributed by atoms with Crippen LogP contribution in [0.4, 0.5) is 102 Å². The van der Waals surface area contributed by atoms with E-state index in [0.29, 0.717) is 17.5 Å². The van der Waals surface area contributed by atoms with Gasteiger partial charge in [-0.25, -0.2) is 15.0 Å². The number of hydrogen-bond donors (Lipinski definition) is 0. The normalized spacial score (nSPS) is 13.5. The van der Waals surface area contributed by atoms with E-state index in [1.165, 1.54) is 150 Å². The van der Waals surface area contributed by atoms with E-state index in [0.717, 1.165) is 84.9 Å². The van der Waals surface area contributed by atoms with E-state index in [1.54, 1.807) is 0 Å². The molecule has 0 bridgehead atoms. The lowest BCUT2D eigenvalue weighted by atomic mass is 9.33. The summed E-state index contributed by atoms with van der Waals surface area (Å²) >= 11 is 0. The number of nitrogens with zero attached hydrogens (tertiary/aromatic N) is 9. The topological polar surface area (TPSA) is 58.1 Å². The van der Waals surface area contributed by atoms with Crippen LogP contribution in [0.25, 0.3) is 34.2 Å². The van der Waals surface area contributed by atoms with Gasteiger partial charge in [-0.2, -0.15) is 0 Å². The first-order valence-corrected chi connectivity index (χ1v) is 41.0. The molecule has 1 aromatic heterocycles. The van der Waals surface area contributed by atoms with Crippen LogP contribution in [-0.4, -0.2) is 35.1 Å². The number of aryl methyl sites for hydroxylation is 12. The molecule has 16 aromatic rings. The molecule has 6 aliphatic heterocycles. The van der Waals surface area contributed by atoms with Crippen molar-refractivity contribution in [3.05, 3.63) is 358 Å². The monoisotopic (exact) mass is 1500 g/mol. The molecule has 0 radical (unpaired) electrons. The Bertz CT molecular complexity index is 6160. The van der Waals surface area contributed by atoms with Crippen molar-refractivity contribution in [3.8, 4) is 34.2 Å². The Hall–Kier alpha value is -13.7. The van der Waals surface area contributed by atoms with Crippen LogP contribution in [0.2, 0.25) is 0 Å². The number of fused-ring (bicyclic) bond motifs is 12. The van der Waals surface area contributed by atoms with E-state index < -0.39 is 0 Å². The number of anilines is 18. The zero-order chi connectivity index (χ0) is 79.2. The molecule has 0 N–H and O–H groups in total. The van der Waals surface area contributed by atoms with Gasteiger partial charge in [0.25, 0.3) is 20.1 Å². The quantitative estimate of drug-likeness (QED) is 0.132. The van der Waals surface area contributed by atoms with Gasteiger partial charge < -0.3 is 29.4 Å². The molecule has 12 heteroatoms. The molecule has 22 rings (SSSR count). The molecule has 0 fully saturated rings. The fourth-order valence-electron chi connectivity index (χ4n) is 19.8. The second-order valence-electron chi connectivity index (χ2n) is 33.8. The molecule has 117 heavy (non-hydrogen) atoms. The van der Waals surface area contributed by atoms with E-state index in [-0.39, 0.29) is 20.1 Å². The SMILES string of the molecule is Cc1ccc(N2c3ccc(C)cc3B3c4cc(-c5nc(-c6ccc7c(c6)B6c8cc(C)ccc8N(c8ccc(C)cc8)c8cc(C)cc(c86)N7c6ccc(C)cc6)nc(-c6ccc7c(c6)B6c8cc(C)ccc8N(c8ccc(C)cc8)c8cc(C)cc(c86)N7c6ccc(C)cc6)n5)ccc4N(c4ccc(C)cc4)c4cc(C)cc2c43)cc1. The third-order valence-electron chi connectivity index (χ3n) is 25.3. The highest BCUT2D eigenvalue weighted by atomic mass is 15.2. The molecule has 0 unspecified atom stereocenters. The molecule has 15 aromatic carbocycles. The Balaban J connectivity index is 0.799. The van der Waals surface area contributed by atoms with E-state index in [2.05, 4.69) is 404 Å². The summed E-state index contributed by atoms with van der Waals surface area (Å²) in [7, 11) is 0. The Morgan fingerprint density at radius 2 is 0.333 bits per heavy atom. The fraction of sp³-hybridized carbons (Fsp3) is 0.114. The molecule has 0 spiro atoms. The van der Waals surface area contributed by atoms with Gasteiger partial charge in [0.1, 0.15) is 0 Å². The van der Waals surface area contributed by atoms with Gasteiger partial charge >= 0.3 is 0 Å². The average Bonchev–Trinajstić information content (AvgIpc) is 0.707. The molecule has 0 atom stereocenters. The maximum absolute atomic E-state index is 5.92. The summed E-state index contributed by atoms with van der Waals surface area (Å²) in [5, 5.41) is 0. The van der Waals surface area contributed by atoms with E-state index in [9.17, 15) is 0 Å². The lowest BCUT2D eigenvalue weighted by molar-refractivity contribution is 1.07. The van der Waals surface area contributed by atoms with Crippen LogP contribution in [-0.2, 0) is 0 Å². The van der Waals surface area contributed by atoms with E-state index >= 15 is 0 Å². The highest BCUT2D eigenvalue weighted by Gasteiger charge is 2.48.